The molecule has 0 radical (unpaired) electrons. The van der Waals surface area contributed by atoms with Gasteiger partial charge in [-0.25, -0.2) is 9.36 Å². The van der Waals surface area contributed by atoms with Crippen LogP contribution in [0.25, 0.3) is 0 Å². The Balaban J connectivity index is 0.798. The third kappa shape index (κ3) is 16.0. The van der Waals surface area contributed by atoms with E-state index in [1.165, 1.54) is 9.36 Å². The second kappa shape index (κ2) is 32.4. The van der Waals surface area contributed by atoms with E-state index >= 15 is 0 Å². The molecule has 6 aliphatic heterocycles. The van der Waals surface area contributed by atoms with Crippen LogP contribution in [0.5, 0.6) is 0 Å². The highest BCUT2D eigenvalue weighted by Gasteiger charge is 2.58. The number of aliphatic hydroxyl groups excluding tert-OH is 12. The lowest BCUT2D eigenvalue weighted by atomic mass is 9.84. The van der Waals surface area contributed by atoms with Crippen molar-refractivity contribution in [3.8, 4) is 0 Å². The number of aliphatic hydroxyl groups is 12. The molecule has 8 aliphatic rings. The van der Waals surface area contributed by atoms with Crippen molar-refractivity contribution in [1.29, 1.82) is 0 Å². The molecule has 2 aromatic heterocycles. The van der Waals surface area contributed by atoms with Crippen LogP contribution in [-0.2, 0) is 82.8 Å². The predicted molar refractivity (Wildman–Crippen MR) is 319 cm³/mol. The summed E-state index contributed by atoms with van der Waals surface area (Å²) in [5, 5.41) is 150. The SMILES string of the molecule is [2H]NC1C(O)C(O)[C@H](CN)O[C@@H]1O[C@@H]1C(O)[C@H](O[C@H]2C(O[C@H]3OC(CN)C(O)[C@H](O)C3N)C(N)C[C@@H](N)C2O)O[C@@H]1Cn1cc(CCCCc2cn(C[C@H]3O[C@@H](O[C@H]4C(O[C@H]5OC(CN)C(O)[C@H](O)C5N)C(N)C[C@@H](N)C4O)C(O)[C@H]3O[C@H]3O[C@@H](CN)C(O)C(O)C3N)nn2)nn1. The van der Waals surface area contributed by atoms with E-state index in [4.69, 9.17) is 121 Å². The summed E-state index contributed by atoms with van der Waals surface area (Å²) >= 11 is 0. The van der Waals surface area contributed by atoms with E-state index in [9.17, 15) is 61.3 Å². The number of hydrogen-bond donors (Lipinski definition) is 24. The van der Waals surface area contributed by atoms with E-state index < -0.39 is 233 Å². The number of rotatable bonds is 26. The molecule has 2 aromatic rings. The molecular formula is C54H100N18O24. The monoisotopic (exact) mass is 1390 g/mol. The highest BCUT2D eigenvalue weighted by molar-refractivity contribution is 5.06. The standard InChI is InChI=1S/C54H100N18O24/c55-7-21-33(75)37(79)27(63)49(85-21)91-43-19(61)5-17(59)31(73)47(43)95-53-41(83)45(93-51-29(65)39(81)35(77)23(9-57)87-51)25(89-53)13-71-11-15(67-69-71)3-1-2-4-16-12-72(70-68-16)14-26-46(94-52-30(66)40(82)36(78)24(10-58)88-52)42(84)54(90-26)96-48-32(74)18(60)6-20(62)44(48)92-50-28(64)38(80)34(76)22(8-56)86-50/h11-12,17-54,73-84H,1-10,13-14,55-66H2/t17-,18-,19?,20?,21?,22?,23+,24+,25-,26-,27?,28?,29?,30?,31?,32?,33?,34?,35?,36?,37-,38-,39?,40?,41?,42?,43?,44?,45+,46+,47-,48-,49-,50-,51-,52-,53+,54+/m1/s1/i/hD. The molecule has 36 N–H and O–H groups in total. The first-order chi connectivity index (χ1) is 46.2. The summed E-state index contributed by atoms with van der Waals surface area (Å²) < 4.78 is 84.5. The van der Waals surface area contributed by atoms with Gasteiger partial charge in [-0.15, -0.1) is 10.2 Å². The van der Waals surface area contributed by atoms with Crippen molar-refractivity contribution in [2.75, 3.05) is 26.2 Å². The zero-order chi connectivity index (χ0) is 70.2. The van der Waals surface area contributed by atoms with Gasteiger partial charge in [0.05, 0.1) is 60.9 Å². The highest BCUT2D eigenvalue weighted by atomic mass is 16.8. The smallest absolute Gasteiger partial charge is 0.187 e. The zero-order valence-electron chi connectivity index (χ0n) is 53.4. The Kier molecular flexibility index (Phi) is 25.0. The summed E-state index contributed by atoms with van der Waals surface area (Å²) in [7, 11) is 0. The maximum atomic E-state index is 12.1. The minimum atomic E-state index is -1.74. The van der Waals surface area contributed by atoms with Gasteiger partial charge in [0, 0.05) is 62.7 Å². The van der Waals surface area contributed by atoms with Crippen LogP contribution in [0.3, 0.4) is 0 Å². The third-order valence-corrected chi connectivity index (χ3v) is 19.4. The number of nitrogens with two attached hydrogens (primary N) is 12. The van der Waals surface area contributed by atoms with Gasteiger partial charge in [-0.05, 0) is 38.5 Å². The lowest BCUT2D eigenvalue weighted by molar-refractivity contribution is -0.306. The highest BCUT2D eigenvalue weighted by Crippen LogP contribution is 2.38. The summed E-state index contributed by atoms with van der Waals surface area (Å²) in [6.45, 7) is -1.27. The lowest BCUT2D eigenvalue weighted by Gasteiger charge is -2.47. The molecule has 2 aliphatic carbocycles. The van der Waals surface area contributed by atoms with Crippen LogP contribution < -0.4 is 68.8 Å². The Labute approximate surface area is 551 Å². The molecule has 96 heavy (non-hydrogen) atoms. The van der Waals surface area contributed by atoms with E-state index in [1.807, 2.05) is 0 Å². The maximum absolute atomic E-state index is 12.1. The number of aryl methyl sites for hydroxylation is 2. The van der Waals surface area contributed by atoms with E-state index in [1.54, 1.807) is 12.4 Å². The average Bonchev–Trinajstić information content (AvgIpc) is 1.76. The van der Waals surface area contributed by atoms with E-state index in [0.717, 1.165) is 0 Å². The third-order valence-electron chi connectivity index (χ3n) is 19.4. The number of unbranched alkanes of at least 4 members (excludes halogenated alkanes) is 1. The molecule has 42 nitrogen and oxygen atoms in total. The predicted octanol–water partition coefficient (Wildman–Crippen LogP) is -16.3. The molecule has 550 valence electrons. The minimum absolute atomic E-state index is 0.00986. The van der Waals surface area contributed by atoms with Crippen LogP contribution in [0.2, 0.25) is 1.41 Å². The molecule has 0 amide bonds. The summed E-state index contributed by atoms with van der Waals surface area (Å²) in [6.07, 6.45) is -37.6. The van der Waals surface area contributed by atoms with E-state index in [-0.39, 0.29) is 52.1 Å². The van der Waals surface area contributed by atoms with Crippen molar-refractivity contribution >= 4 is 0 Å². The van der Waals surface area contributed by atoms with Gasteiger partial charge in [0.2, 0.25) is 0 Å². The maximum Gasteiger partial charge on any atom is 0.187 e. The fourth-order valence-corrected chi connectivity index (χ4v) is 13.5. The van der Waals surface area contributed by atoms with Gasteiger partial charge in [0.1, 0.15) is 136 Å². The van der Waals surface area contributed by atoms with E-state index in [2.05, 4.69) is 26.4 Å². The minimum Gasteiger partial charge on any atom is -0.389 e. The second-order valence-electron chi connectivity index (χ2n) is 26.1. The average molecular weight is 1390 g/mol. The molecule has 0 bridgehead atoms. The first kappa shape index (κ1) is 74.0. The zero-order valence-corrected chi connectivity index (χ0v) is 52.4. The normalized spacial score (nSPS) is 48.9. The molecule has 6 saturated heterocycles. The van der Waals surface area contributed by atoms with Crippen molar-refractivity contribution in [1.82, 2.24) is 30.0 Å². The molecule has 0 spiro atoms. The molecule has 38 atom stereocenters. The van der Waals surface area contributed by atoms with Gasteiger partial charge in [-0.1, -0.05) is 10.4 Å². The van der Waals surface area contributed by atoms with E-state index in [0.29, 0.717) is 37.1 Å². The second-order valence-corrected chi connectivity index (χ2v) is 26.1. The number of hydrogen-bond acceptors (Lipinski definition) is 40. The molecule has 10 rings (SSSR count). The number of aromatic nitrogens is 6. The quantitative estimate of drug-likeness (QED) is 0.0389. The Morgan fingerprint density at radius 1 is 0.365 bits per heavy atom. The van der Waals surface area contributed by atoms with Crippen molar-refractivity contribution in [3.05, 3.63) is 23.8 Å². The Bertz CT molecular complexity index is 2760. The van der Waals surface area contributed by atoms with Crippen LogP contribution in [0.4, 0.5) is 0 Å². The molecular weight excluding hydrogens is 1280 g/mol. The Hall–Kier alpha value is -3.16. The fourth-order valence-electron chi connectivity index (χ4n) is 13.5. The summed E-state index contributed by atoms with van der Waals surface area (Å²) in [5.74, 6) is 0. The van der Waals surface area contributed by atoms with Crippen LogP contribution in [0, 0.1) is 0 Å². The first-order valence-electron chi connectivity index (χ1n) is 32.8. The van der Waals surface area contributed by atoms with Crippen molar-refractivity contribution in [2.24, 2.45) is 68.8 Å². The van der Waals surface area contributed by atoms with Gasteiger partial charge in [-0.3, -0.25) is 0 Å². The topological polar surface area (TPSA) is 727 Å². The van der Waals surface area contributed by atoms with Crippen LogP contribution in [0.15, 0.2) is 12.4 Å². The first-order valence-corrected chi connectivity index (χ1v) is 32.3. The van der Waals surface area contributed by atoms with Gasteiger partial charge in [0.25, 0.3) is 0 Å². The largest absolute Gasteiger partial charge is 0.389 e. The Morgan fingerprint density at radius 3 is 0.979 bits per heavy atom. The molecule has 0 aromatic carbocycles. The van der Waals surface area contributed by atoms with Gasteiger partial charge in [-0.2, -0.15) is 0 Å². The van der Waals surface area contributed by atoms with Gasteiger partial charge < -0.3 is 187 Å². The summed E-state index contributed by atoms with van der Waals surface area (Å²) in [6, 6.07) is -9.21. The van der Waals surface area contributed by atoms with Crippen LogP contribution in [0.1, 0.15) is 37.1 Å². The molecule has 8 heterocycles. The molecule has 8 fully saturated rings. The molecule has 20 unspecified atom stereocenters. The summed E-state index contributed by atoms with van der Waals surface area (Å²) in [4.78, 5) is 0. The van der Waals surface area contributed by atoms with Crippen molar-refractivity contribution in [2.45, 2.75) is 284 Å². The van der Waals surface area contributed by atoms with Gasteiger partial charge >= 0.3 is 0 Å². The van der Waals surface area contributed by atoms with Crippen LogP contribution in [-0.4, -0.2) is 350 Å². The number of nitrogens with zero attached hydrogens (tertiary/aromatic N) is 6. The molecule has 2 saturated carbocycles. The van der Waals surface area contributed by atoms with Gasteiger partial charge in [0.15, 0.2) is 37.7 Å². The lowest BCUT2D eigenvalue weighted by Crippen LogP contribution is -2.68. The molecule has 42 heteroatoms. The summed E-state index contributed by atoms with van der Waals surface area (Å²) in [5.41, 5.74) is 71.0. The number of ether oxygens (including phenoxy) is 12. The van der Waals surface area contributed by atoms with Crippen LogP contribution >= 0.6 is 0 Å². The fraction of sp³-hybridized carbons (Fsp3) is 0.926. The Morgan fingerprint density at radius 2 is 0.656 bits per heavy atom. The van der Waals surface area contributed by atoms with Crippen molar-refractivity contribution in [3.63, 3.8) is 0 Å². The van der Waals surface area contributed by atoms with Crippen molar-refractivity contribution < 1.29 is 120 Å².